The maximum Gasteiger partial charge on any atom is 0.167 e. The van der Waals surface area contributed by atoms with Gasteiger partial charge in [0.25, 0.3) is 0 Å². The maximum absolute atomic E-state index is 6.87. The van der Waals surface area contributed by atoms with Gasteiger partial charge in [0.15, 0.2) is 1.41 Å². The van der Waals surface area contributed by atoms with Crippen LogP contribution in [0.2, 0.25) is 1.41 Å². The molecule has 1 heterocycles. The molecule has 1 rings (SSSR count). The molecule has 0 amide bonds. The van der Waals surface area contributed by atoms with Crippen molar-refractivity contribution < 1.29 is 5.52 Å². The molecule has 1 aromatic heterocycles. The van der Waals surface area contributed by atoms with E-state index in [0.717, 1.165) is 0 Å². The molecule has 2 heteroatoms. The Morgan fingerprint density at radius 2 is 3.20 bits per heavy atom. The Morgan fingerprint density at radius 1 is 2.20 bits per heavy atom. The standard InChI is InChI=1S/C3H4N2/c1-2-5-3-4-1/h1-3H,(H,4,5)/i1D,2D,3D/hD. The van der Waals surface area contributed by atoms with E-state index in [0.29, 0.717) is 4.98 Å². The van der Waals surface area contributed by atoms with Gasteiger partial charge in [-0.05, 0) is 0 Å². The van der Waals surface area contributed by atoms with Gasteiger partial charge in [-0.15, -0.1) is 0 Å². The predicted molar refractivity (Wildman–Crippen MR) is 18.6 cm³/mol. The number of nitrogens with one attached hydrogen (secondary N) is 1. The fourth-order valence-corrected chi connectivity index (χ4v) is 0.125. The SMILES string of the molecule is [2H]c1nc([2H])n([2H])c1[2H]. The van der Waals surface area contributed by atoms with E-state index in [1.54, 1.807) is 0 Å². The Hall–Kier alpha value is -0.790. The van der Waals surface area contributed by atoms with E-state index in [1.807, 2.05) is 0 Å². The number of nitrogens with zero attached hydrogens (tertiary/aromatic N) is 1. The van der Waals surface area contributed by atoms with Crippen LogP contribution in [-0.2, 0) is 0 Å². The molecule has 0 aliphatic heterocycles. The second kappa shape index (κ2) is 0.885. The number of H-pyrrole nitrogens is 1. The summed E-state index contributed by atoms with van der Waals surface area (Å²) in [7, 11) is 0. The summed E-state index contributed by atoms with van der Waals surface area (Å²) in [5.41, 5.74) is 0. The van der Waals surface area contributed by atoms with Crippen molar-refractivity contribution in [3.63, 3.8) is 0 Å². The zero-order chi connectivity index (χ0) is 7.02. The molecule has 0 aliphatic carbocycles. The second-order valence-electron chi connectivity index (χ2n) is 0.547. The van der Waals surface area contributed by atoms with Gasteiger partial charge in [0, 0.05) is 12.3 Å². The normalized spacial score (nSPS) is 19.2. The summed E-state index contributed by atoms with van der Waals surface area (Å²) < 4.78 is 27.3. The van der Waals surface area contributed by atoms with E-state index in [9.17, 15) is 0 Å². The zero-order valence-corrected chi connectivity index (χ0v) is 2.39. The molecule has 0 saturated heterocycles. The average Bonchev–Trinajstić information content (AvgIpc) is 1.98. The molecule has 1 N–H and O–H groups in total. The van der Waals surface area contributed by atoms with Crippen LogP contribution >= 0.6 is 0 Å². The number of imidazole rings is 1. The first kappa shape index (κ1) is 0.644. The van der Waals surface area contributed by atoms with Gasteiger partial charge in [-0.1, -0.05) is 0 Å². The van der Waals surface area contributed by atoms with Crippen LogP contribution in [0.4, 0.5) is 0 Å². The molecule has 0 saturated carbocycles. The zero-order valence-electron chi connectivity index (χ0n) is 6.39. The lowest BCUT2D eigenvalue weighted by Crippen LogP contribution is -1.44. The van der Waals surface area contributed by atoms with Crippen molar-refractivity contribution in [3.8, 4) is 0 Å². The van der Waals surface area contributed by atoms with Crippen molar-refractivity contribution in [2.75, 3.05) is 0 Å². The Morgan fingerprint density at radius 3 is 3.40 bits per heavy atom. The van der Waals surface area contributed by atoms with Gasteiger partial charge in [0.05, 0.1) is 9.04 Å². The van der Waals surface area contributed by atoms with Crippen molar-refractivity contribution in [1.82, 2.24) is 9.96 Å². The molecule has 0 radical (unpaired) electrons. The fourth-order valence-electron chi connectivity index (χ4n) is 0.125. The summed E-state index contributed by atoms with van der Waals surface area (Å²) in [6.07, 6.45) is -1.04. The summed E-state index contributed by atoms with van der Waals surface area (Å²) in [4.78, 5) is 3.72. The van der Waals surface area contributed by atoms with Gasteiger partial charge in [0.1, 0.15) is 1.37 Å². The molecular weight excluding hydrogens is 64.0 g/mol. The molecule has 0 unspecified atom stereocenters. The third-order valence-electron chi connectivity index (χ3n) is 0.262. The van der Waals surface area contributed by atoms with Crippen LogP contribution < -0.4 is 0 Å². The highest BCUT2D eigenvalue weighted by atomic mass is 14.8. The Balaban J connectivity index is 3.29. The van der Waals surface area contributed by atoms with Crippen LogP contribution in [0.3, 0.4) is 0 Å². The van der Waals surface area contributed by atoms with Crippen molar-refractivity contribution in [2.45, 2.75) is 0 Å². The predicted octanol–water partition coefficient (Wildman–Crippen LogP) is 0.410. The fraction of sp³-hybridized carbons (Fsp3) is 0. The van der Waals surface area contributed by atoms with Gasteiger partial charge in [0.2, 0.25) is 0 Å². The lowest BCUT2D eigenvalue weighted by molar-refractivity contribution is 1.31. The van der Waals surface area contributed by atoms with E-state index in [2.05, 4.69) is 4.98 Å². The van der Waals surface area contributed by atoms with Crippen LogP contribution in [0.15, 0.2) is 18.6 Å². The van der Waals surface area contributed by atoms with Crippen molar-refractivity contribution in [1.29, 1.82) is 0 Å². The van der Waals surface area contributed by atoms with Crippen molar-refractivity contribution in [3.05, 3.63) is 18.6 Å². The molecule has 0 fully saturated rings. The molecule has 0 atom stereocenters. The van der Waals surface area contributed by atoms with Gasteiger partial charge in [-0.2, -0.15) is 0 Å². The molecule has 0 aliphatic rings. The highest BCUT2D eigenvalue weighted by Gasteiger charge is 1.56. The maximum atomic E-state index is 6.87. The Bertz CT molecular complexity index is 207. The van der Waals surface area contributed by atoms with Gasteiger partial charge >= 0.3 is 0 Å². The summed E-state index contributed by atoms with van der Waals surface area (Å²) in [5.74, 6) is 0. The molecule has 26 valence electrons. The number of aromatic nitrogens is 2. The van der Waals surface area contributed by atoms with E-state index < -0.39 is 0 Å². The number of aromatic amines is 1. The van der Waals surface area contributed by atoms with Crippen molar-refractivity contribution >= 4 is 0 Å². The number of rotatable bonds is 0. The first-order chi connectivity index (χ1) is 4.13. The van der Waals surface area contributed by atoms with E-state index >= 15 is 0 Å². The van der Waals surface area contributed by atoms with Crippen LogP contribution in [0, 0.1) is 0 Å². The van der Waals surface area contributed by atoms with Crippen LogP contribution in [-0.4, -0.2) is 9.96 Å². The molecule has 0 aromatic carbocycles. The summed E-state index contributed by atoms with van der Waals surface area (Å²) in [6, 6.07) is 0. The first-order valence-electron chi connectivity index (χ1n) is 3.09. The lowest BCUT2D eigenvalue weighted by Gasteiger charge is -1.46. The van der Waals surface area contributed by atoms with Gasteiger partial charge in [-0.25, -0.2) is 4.98 Å². The van der Waals surface area contributed by atoms with Gasteiger partial charge in [-0.3, -0.25) is 0 Å². The first-order valence-corrected chi connectivity index (χ1v) is 1.14. The lowest BCUT2D eigenvalue weighted by atomic mass is 11.0. The monoisotopic (exact) mass is 72.1 g/mol. The molecular formula is C3H4N2. The van der Waals surface area contributed by atoms with E-state index in [-0.39, 0.29) is 18.6 Å². The molecule has 0 spiro atoms. The molecule has 0 bridgehead atoms. The third-order valence-corrected chi connectivity index (χ3v) is 0.262. The summed E-state index contributed by atoms with van der Waals surface area (Å²) in [5, 5.41) is 0. The minimum atomic E-state index is -0.370. The largest absolute Gasteiger partial charge is 0.351 e. The number of hydrogen-bond donors (Lipinski definition) is 1. The minimum Gasteiger partial charge on any atom is -0.351 e. The highest BCUT2D eigenvalue weighted by Crippen LogP contribution is 1.62. The number of hydrogen-bond acceptors (Lipinski definition) is 1. The summed E-state index contributed by atoms with van der Waals surface area (Å²) in [6.45, 7) is 0. The van der Waals surface area contributed by atoms with Crippen LogP contribution in [0.25, 0.3) is 0 Å². The molecule has 2 nitrogen and oxygen atoms in total. The topological polar surface area (TPSA) is 28.7 Å². The van der Waals surface area contributed by atoms with Crippen LogP contribution in [0.1, 0.15) is 4.11 Å². The van der Waals surface area contributed by atoms with Gasteiger partial charge < -0.3 is 4.98 Å². The molecule has 5 heavy (non-hydrogen) atoms. The third kappa shape index (κ3) is 0.265. The second-order valence-corrected chi connectivity index (χ2v) is 0.547. The summed E-state index contributed by atoms with van der Waals surface area (Å²) >= 11 is 0. The minimum absolute atomic E-state index is 0.324. The highest BCUT2D eigenvalue weighted by molar-refractivity contribution is 4.64. The quantitative estimate of drug-likeness (QED) is 0.472. The molecule has 1 aromatic rings. The Labute approximate surface area is 35.5 Å². The smallest absolute Gasteiger partial charge is 0.167 e. The van der Waals surface area contributed by atoms with Crippen molar-refractivity contribution in [2.24, 2.45) is 0 Å². The van der Waals surface area contributed by atoms with E-state index in [1.165, 1.54) is 0 Å². The van der Waals surface area contributed by atoms with E-state index in [4.69, 9.17) is 5.52 Å². The van der Waals surface area contributed by atoms with Crippen LogP contribution in [0.5, 0.6) is 0 Å². The Kier molecular flexibility index (Phi) is 0.114. The average molecular weight is 72.1 g/mol.